The van der Waals surface area contributed by atoms with Crippen LogP contribution in [0.5, 0.6) is 0 Å². The highest BCUT2D eigenvalue weighted by molar-refractivity contribution is 6.12. The predicted molar refractivity (Wildman–Crippen MR) is 129 cm³/mol. The molecule has 5 rings (SSSR count). The number of anilines is 1. The van der Waals surface area contributed by atoms with Crippen molar-refractivity contribution in [3.63, 3.8) is 0 Å². The molecule has 1 aliphatic rings. The normalized spacial score (nSPS) is 17.4. The number of amides is 2. The fourth-order valence-corrected chi connectivity index (χ4v) is 4.54. The van der Waals surface area contributed by atoms with Crippen molar-refractivity contribution in [3.05, 3.63) is 95.1 Å². The first-order valence-electron chi connectivity index (χ1n) is 11.3. The summed E-state index contributed by atoms with van der Waals surface area (Å²) in [5, 5.41) is 7.50. The Labute approximate surface area is 202 Å². The van der Waals surface area contributed by atoms with Gasteiger partial charge in [-0.15, -0.1) is 0 Å². The molecule has 2 aromatic heterocycles. The fourth-order valence-electron chi connectivity index (χ4n) is 4.54. The van der Waals surface area contributed by atoms with E-state index in [4.69, 9.17) is 4.42 Å². The number of hydrogen-bond acceptors (Lipinski definition) is 4. The molecule has 1 N–H and O–H groups in total. The van der Waals surface area contributed by atoms with Crippen LogP contribution in [-0.4, -0.2) is 27.1 Å². The molecular weight excluding hydrogens is 447 g/mol. The van der Waals surface area contributed by atoms with Crippen molar-refractivity contribution < 1.29 is 18.4 Å². The van der Waals surface area contributed by atoms with E-state index < -0.39 is 5.54 Å². The van der Waals surface area contributed by atoms with Crippen molar-refractivity contribution in [1.82, 2.24) is 15.1 Å². The zero-order valence-corrected chi connectivity index (χ0v) is 19.7. The van der Waals surface area contributed by atoms with Crippen LogP contribution in [0.25, 0.3) is 11.5 Å². The standard InChI is InChI=1S/C27H25FN4O3/c1-17-6-11-22(18(2)13-17)32-25(33)23-14-21(24-5-4-12-35-24)30-31(23)16-27(32,3)26(34)29-15-19-7-9-20(28)10-8-19/h4-14H,15-16H2,1-3H3,(H,29,34). The van der Waals surface area contributed by atoms with E-state index in [2.05, 4.69) is 10.4 Å². The first-order valence-corrected chi connectivity index (χ1v) is 11.3. The molecule has 1 atom stereocenters. The van der Waals surface area contributed by atoms with Gasteiger partial charge in [0.1, 0.15) is 22.7 Å². The lowest BCUT2D eigenvalue weighted by molar-refractivity contribution is -0.126. The van der Waals surface area contributed by atoms with E-state index in [-0.39, 0.29) is 30.7 Å². The highest BCUT2D eigenvalue weighted by atomic mass is 19.1. The predicted octanol–water partition coefficient (Wildman–Crippen LogP) is 4.63. The van der Waals surface area contributed by atoms with Crippen LogP contribution in [0.1, 0.15) is 34.1 Å². The Kier molecular flexibility index (Phi) is 5.51. The van der Waals surface area contributed by atoms with Gasteiger partial charge in [0.05, 0.1) is 12.8 Å². The average molecular weight is 473 g/mol. The second kappa shape index (κ2) is 8.54. The molecular formula is C27H25FN4O3. The quantitative estimate of drug-likeness (QED) is 0.459. The highest BCUT2D eigenvalue weighted by Crippen LogP contribution is 2.36. The van der Waals surface area contributed by atoms with Gasteiger partial charge >= 0.3 is 0 Å². The second-order valence-corrected chi connectivity index (χ2v) is 9.06. The van der Waals surface area contributed by atoms with Crippen LogP contribution in [0.4, 0.5) is 10.1 Å². The number of nitrogens with zero attached hydrogens (tertiary/aromatic N) is 3. The molecule has 4 aromatic rings. The first kappa shape index (κ1) is 22.6. The molecule has 0 spiro atoms. The molecule has 3 heterocycles. The second-order valence-electron chi connectivity index (χ2n) is 9.06. The molecule has 7 nitrogen and oxygen atoms in total. The minimum atomic E-state index is -1.27. The molecule has 0 bridgehead atoms. The smallest absolute Gasteiger partial charge is 0.277 e. The van der Waals surface area contributed by atoms with Gasteiger partial charge in [-0.1, -0.05) is 29.8 Å². The molecule has 0 aliphatic carbocycles. The van der Waals surface area contributed by atoms with E-state index in [0.717, 1.165) is 16.7 Å². The molecule has 2 aromatic carbocycles. The zero-order chi connectivity index (χ0) is 24.7. The summed E-state index contributed by atoms with van der Waals surface area (Å²) in [6.45, 7) is 5.99. The third-order valence-corrected chi connectivity index (χ3v) is 6.38. The molecule has 35 heavy (non-hydrogen) atoms. The monoisotopic (exact) mass is 472 g/mol. The lowest BCUT2D eigenvalue weighted by atomic mass is 9.92. The maximum atomic E-state index is 13.9. The van der Waals surface area contributed by atoms with E-state index >= 15 is 0 Å². The van der Waals surface area contributed by atoms with Gasteiger partial charge < -0.3 is 9.73 Å². The van der Waals surface area contributed by atoms with Gasteiger partial charge in [0, 0.05) is 18.3 Å². The number of benzene rings is 2. The maximum Gasteiger partial charge on any atom is 0.277 e. The van der Waals surface area contributed by atoms with Gasteiger partial charge in [-0.05, 0) is 62.2 Å². The lowest BCUT2D eigenvalue weighted by Crippen LogP contribution is -2.64. The van der Waals surface area contributed by atoms with Crippen LogP contribution in [0, 0.1) is 19.7 Å². The topological polar surface area (TPSA) is 80.4 Å². The summed E-state index contributed by atoms with van der Waals surface area (Å²) < 4.78 is 20.3. The van der Waals surface area contributed by atoms with Crippen LogP contribution in [0.3, 0.4) is 0 Å². The number of aromatic nitrogens is 2. The summed E-state index contributed by atoms with van der Waals surface area (Å²) in [6.07, 6.45) is 1.55. The molecule has 0 saturated carbocycles. The maximum absolute atomic E-state index is 13.9. The van der Waals surface area contributed by atoms with Crippen LogP contribution in [0.15, 0.2) is 71.3 Å². The summed E-state index contributed by atoms with van der Waals surface area (Å²) in [5.41, 5.74) is 2.99. The number of halogens is 1. The van der Waals surface area contributed by atoms with Crippen molar-refractivity contribution in [2.45, 2.75) is 39.4 Å². The molecule has 1 aliphatic heterocycles. The number of hydrogen-bond donors (Lipinski definition) is 1. The van der Waals surface area contributed by atoms with Crippen molar-refractivity contribution in [1.29, 1.82) is 0 Å². The third kappa shape index (κ3) is 4.01. The van der Waals surface area contributed by atoms with Crippen LogP contribution in [0.2, 0.25) is 0 Å². The summed E-state index contributed by atoms with van der Waals surface area (Å²) in [7, 11) is 0. The number of aryl methyl sites for hydroxylation is 2. The van der Waals surface area contributed by atoms with Gasteiger partial charge in [-0.25, -0.2) is 4.39 Å². The third-order valence-electron chi connectivity index (χ3n) is 6.38. The van der Waals surface area contributed by atoms with Crippen molar-refractivity contribution in [3.8, 4) is 11.5 Å². The number of furan rings is 1. The van der Waals surface area contributed by atoms with Gasteiger partial charge in [0.15, 0.2) is 5.76 Å². The molecule has 0 saturated heterocycles. The number of rotatable bonds is 5. The largest absolute Gasteiger partial charge is 0.463 e. The first-order chi connectivity index (χ1) is 16.8. The number of nitrogens with one attached hydrogen (secondary N) is 1. The summed E-state index contributed by atoms with van der Waals surface area (Å²) in [5.74, 6) is -0.464. The highest BCUT2D eigenvalue weighted by Gasteiger charge is 2.49. The van der Waals surface area contributed by atoms with Crippen molar-refractivity contribution in [2.75, 3.05) is 4.90 Å². The van der Waals surface area contributed by atoms with E-state index in [9.17, 15) is 14.0 Å². The van der Waals surface area contributed by atoms with E-state index in [1.54, 1.807) is 53.1 Å². The number of carbonyl (C=O) groups excluding carboxylic acids is 2. The fraction of sp³-hybridized carbons (Fsp3) is 0.222. The van der Waals surface area contributed by atoms with Gasteiger partial charge in [-0.3, -0.25) is 19.2 Å². The number of carbonyl (C=O) groups is 2. The van der Waals surface area contributed by atoms with E-state index in [0.29, 0.717) is 22.8 Å². The van der Waals surface area contributed by atoms with Crippen LogP contribution >= 0.6 is 0 Å². The lowest BCUT2D eigenvalue weighted by Gasteiger charge is -2.43. The Morgan fingerprint density at radius 2 is 1.91 bits per heavy atom. The summed E-state index contributed by atoms with van der Waals surface area (Å²) in [4.78, 5) is 29.1. The van der Waals surface area contributed by atoms with Gasteiger partial charge in [0.2, 0.25) is 5.91 Å². The van der Waals surface area contributed by atoms with E-state index in [1.807, 2.05) is 32.0 Å². The minimum absolute atomic E-state index is 0.150. The molecule has 8 heteroatoms. The SMILES string of the molecule is Cc1ccc(N2C(=O)c3cc(-c4ccco4)nn3CC2(C)C(=O)NCc2ccc(F)cc2)c(C)c1. The van der Waals surface area contributed by atoms with E-state index in [1.165, 1.54) is 12.1 Å². The number of fused-ring (bicyclic) bond motifs is 1. The summed E-state index contributed by atoms with van der Waals surface area (Å²) in [6, 6.07) is 16.9. The minimum Gasteiger partial charge on any atom is -0.463 e. The Morgan fingerprint density at radius 3 is 2.60 bits per heavy atom. The molecule has 178 valence electrons. The van der Waals surface area contributed by atoms with Gasteiger partial charge in [0.25, 0.3) is 5.91 Å². The Balaban J connectivity index is 1.55. The zero-order valence-electron chi connectivity index (χ0n) is 19.7. The van der Waals surface area contributed by atoms with Crippen molar-refractivity contribution >= 4 is 17.5 Å². The van der Waals surface area contributed by atoms with Crippen LogP contribution in [-0.2, 0) is 17.9 Å². The van der Waals surface area contributed by atoms with Gasteiger partial charge in [-0.2, -0.15) is 5.10 Å². The Bertz CT molecular complexity index is 1410. The molecule has 0 fully saturated rings. The molecule has 0 radical (unpaired) electrons. The Morgan fingerprint density at radius 1 is 1.14 bits per heavy atom. The van der Waals surface area contributed by atoms with Crippen molar-refractivity contribution in [2.24, 2.45) is 0 Å². The van der Waals surface area contributed by atoms with Crippen LogP contribution < -0.4 is 10.2 Å². The molecule has 1 unspecified atom stereocenters. The molecule has 2 amide bonds. The summed E-state index contributed by atoms with van der Waals surface area (Å²) >= 11 is 0. The Hall–Kier alpha value is -4.20. The average Bonchev–Trinajstić information content (AvgIpc) is 3.50.